The van der Waals surface area contributed by atoms with E-state index in [1.54, 1.807) is 0 Å². The largest absolute Gasteiger partial charge is 0.493 e. The molecule has 1 saturated carbocycles. The van der Waals surface area contributed by atoms with Crippen LogP contribution in [0.4, 0.5) is 0 Å². The number of aliphatic hydroxyl groups excluding tert-OH is 1. The van der Waals surface area contributed by atoms with Gasteiger partial charge in [-0.25, -0.2) is 0 Å². The molecule has 1 aromatic carbocycles. The molecular weight excluding hydrogens is 276 g/mol. The standard InChI is InChI=1S/C19H26O3/c1-2-3-4-5-9-12-16-17(19(21)13-18(16)20)14-22-15-10-7-6-8-11-15/h5-11,16-17,19,21H,2-4,12-14H2,1H3/t16-,17-,19-/m1/s1. The summed E-state index contributed by atoms with van der Waals surface area (Å²) in [4.78, 5) is 12.1. The molecule has 3 heteroatoms. The van der Waals surface area contributed by atoms with Crippen LogP contribution in [-0.2, 0) is 4.79 Å². The van der Waals surface area contributed by atoms with Crippen LogP contribution in [0, 0.1) is 11.8 Å². The van der Waals surface area contributed by atoms with Crippen molar-refractivity contribution in [2.24, 2.45) is 11.8 Å². The highest BCUT2D eigenvalue weighted by atomic mass is 16.5. The Bertz CT molecular complexity index is 481. The van der Waals surface area contributed by atoms with Crippen molar-refractivity contribution in [3.63, 3.8) is 0 Å². The Kier molecular flexibility index (Phi) is 6.66. The molecule has 0 aromatic heterocycles. The summed E-state index contributed by atoms with van der Waals surface area (Å²) in [5.41, 5.74) is 0. The molecule has 1 fully saturated rings. The molecular formula is C19H26O3. The van der Waals surface area contributed by atoms with Gasteiger partial charge in [-0.3, -0.25) is 4.79 Å². The molecule has 1 aliphatic carbocycles. The predicted molar refractivity (Wildman–Crippen MR) is 87.8 cm³/mol. The summed E-state index contributed by atoms with van der Waals surface area (Å²) < 4.78 is 5.75. The maximum Gasteiger partial charge on any atom is 0.139 e. The monoisotopic (exact) mass is 302 g/mol. The Hall–Kier alpha value is -1.61. The summed E-state index contributed by atoms with van der Waals surface area (Å²) in [5, 5.41) is 10.1. The second-order valence-corrected chi connectivity index (χ2v) is 5.98. The number of para-hydroxylation sites is 1. The molecule has 3 atom stereocenters. The average Bonchev–Trinajstić information content (AvgIpc) is 2.80. The molecule has 22 heavy (non-hydrogen) atoms. The van der Waals surface area contributed by atoms with Crippen molar-refractivity contribution in [3.05, 3.63) is 42.5 Å². The van der Waals surface area contributed by atoms with Crippen LogP contribution < -0.4 is 4.74 Å². The lowest BCUT2D eigenvalue weighted by atomic mass is 9.91. The zero-order valence-electron chi connectivity index (χ0n) is 13.3. The van der Waals surface area contributed by atoms with Crippen molar-refractivity contribution >= 4 is 5.78 Å². The molecule has 0 saturated heterocycles. The lowest BCUT2D eigenvalue weighted by Crippen LogP contribution is -2.26. The third-order valence-corrected chi connectivity index (χ3v) is 4.30. The van der Waals surface area contributed by atoms with Gasteiger partial charge in [-0.15, -0.1) is 0 Å². The summed E-state index contributed by atoms with van der Waals surface area (Å²) >= 11 is 0. The number of hydrogen-bond acceptors (Lipinski definition) is 3. The highest BCUT2D eigenvalue weighted by Crippen LogP contribution is 2.32. The first-order chi connectivity index (χ1) is 10.7. The summed E-state index contributed by atoms with van der Waals surface area (Å²) in [6.45, 7) is 2.56. The second kappa shape index (κ2) is 8.74. The van der Waals surface area contributed by atoms with E-state index >= 15 is 0 Å². The first kappa shape index (κ1) is 16.8. The molecule has 0 spiro atoms. The van der Waals surface area contributed by atoms with Gasteiger partial charge >= 0.3 is 0 Å². The van der Waals surface area contributed by atoms with Crippen LogP contribution in [0.2, 0.25) is 0 Å². The molecule has 120 valence electrons. The van der Waals surface area contributed by atoms with E-state index in [-0.39, 0.29) is 24.0 Å². The van der Waals surface area contributed by atoms with Gasteiger partial charge in [0.25, 0.3) is 0 Å². The smallest absolute Gasteiger partial charge is 0.139 e. The molecule has 0 radical (unpaired) electrons. The van der Waals surface area contributed by atoms with Crippen LogP contribution in [0.5, 0.6) is 5.75 Å². The normalized spacial score (nSPS) is 25.0. The van der Waals surface area contributed by atoms with E-state index in [0.717, 1.165) is 12.2 Å². The van der Waals surface area contributed by atoms with Gasteiger partial charge in [-0.1, -0.05) is 50.1 Å². The van der Waals surface area contributed by atoms with Crippen LogP contribution in [0.25, 0.3) is 0 Å². The van der Waals surface area contributed by atoms with Crippen LogP contribution in [0.1, 0.15) is 39.0 Å². The zero-order valence-corrected chi connectivity index (χ0v) is 13.3. The minimum absolute atomic E-state index is 0.108. The minimum Gasteiger partial charge on any atom is -0.493 e. The number of Topliss-reactive ketones (excluding diaryl/α,β-unsaturated/α-hetero) is 1. The van der Waals surface area contributed by atoms with Crippen molar-refractivity contribution in [2.45, 2.75) is 45.1 Å². The average molecular weight is 302 g/mol. The number of hydrogen-bond donors (Lipinski definition) is 1. The lowest BCUT2D eigenvalue weighted by Gasteiger charge is -2.20. The van der Waals surface area contributed by atoms with Crippen LogP contribution in [0.3, 0.4) is 0 Å². The van der Waals surface area contributed by atoms with Gasteiger partial charge in [0.2, 0.25) is 0 Å². The third kappa shape index (κ3) is 4.70. The van der Waals surface area contributed by atoms with E-state index in [1.165, 1.54) is 12.8 Å². The number of aliphatic hydroxyl groups is 1. The van der Waals surface area contributed by atoms with Gasteiger partial charge in [0.05, 0.1) is 12.7 Å². The molecule has 1 N–H and O–H groups in total. The Morgan fingerprint density at radius 3 is 2.77 bits per heavy atom. The SMILES string of the molecule is CCCCC=CC[C@H]1C(=O)C[C@@H](O)[C@@H]1COc1ccccc1. The van der Waals surface area contributed by atoms with E-state index in [2.05, 4.69) is 19.1 Å². The van der Waals surface area contributed by atoms with Crippen LogP contribution >= 0.6 is 0 Å². The second-order valence-electron chi connectivity index (χ2n) is 5.98. The molecule has 3 nitrogen and oxygen atoms in total. The fraction of sp³-hybridized carbons (Fsp3) is 0.526. The lowest BCUT2D eigenvalue weighted by molar-refractivity contribution is -0.121. The molecule has 0 bridgehead atoms. The molecule has 0 unspecified atom stereocenters. The zero-order chi connectivity index (χ0) is 15.8. The predicted octanol–water partition coefficient (Wildman–Crippen LogP) is 3.77. The van der Waals surface area contributed by atoms with E-state index in [4.69, 9.17) is 4.74 Å². The Balaban J connectivity index is 1.88. The minimum atomic E-state index is -0.578. The van der Waals surface area contributed by atoms with Gasteiger partial charge in [0.15, 0.2) is 0 Å². The molecule has 2 rings (SSSR count). The molecule has 0 heterocycles. The maximum atomic E-state index is 12.1. The molecule has 0 amide bonds. The number of carbonyl (C=O) groups is 1. The van der Waals surface area contributed by atoms with Gasteiger partial charge in [-0.05, 0) is 25.0 Å². The van der Waals surface area contributed by atoms with Crippen molar-refractivity contribution in [2.75, 3.05) is 6.61 Å². The summed E-state index contributed by atoms with van der Waals surface area (Å²) in [5.74, 6) is 0.723. The first-order valence-corrected chi connectivity index (χ1v) is 8.26. The fourth-order valence-corrected chi connectivity index (χ4v) is 2.94. The van der Waals surface area contributed by atoms with E-state index in [9.17, 15) is 9.90 Å². The van der Waals surface area contributed by atoms with Gasteiger partial charge in [0.1, 0.15) is 11.5 Å². The van der Waals surface area contributed by atoms with E-state index in [0.29, 0.717) is 13.0 Å². The highest BCUT2D eigenvalue weighted by molar-refractivity contribution is 5.84. The highest BCUT2D eigenvalue weighted by Gasteiger charge is 2.41. The van der Waals surface area contributed by atoms with Crippen molar-refractivity contribution in [1.29, 1.82) is 0 Å². The maximum absolute atomic E-state index is 12.1. The topological polar surface area (TPSA) is 46.5 Å². The summed E-state index contributed by atoms with van der Waals surface area (Å²) in [7, 11) is 0. The number of rotatable bonds is 8. The van der Waals surface area contributed by atoms with Gasteiger partial charge in [-0.2, -0.15) is 0 Å². The third-order valence-electron chi connectivity index (χ3n) is 4.30. The molecule has 1 aliphatic rings. The fourth-order valence-electron chi connectivity index (χ4n) is 2.94. The number of ketones is 1. The number of unbranched alkanes of at least 4 members (excludes halogenated alkanes) is 2. The van der Waals surface area contributed by atoms with Crippen molar-refractivity contribution in [1.82, 2.24) is 0 Å². The Morgan fingerprint density at radius 2 is 2.05 bits per heavy atom. The Morgan fingerprint density at radius 1 is 1.27 bits per heavy atom. The van der Waals surface area contributed by atoms with Gasteiger partial charge < -0.3 is 9.84 Å². The molecule has 1 aromatic rings. The summed E-state index contributed by atoms with van der Waals surface area (Å²) in [6.07, 6.45) is 8.05. The van der Waals surface area contributed by atoms with E-state index in [1.807, 2.05) is 30.3 Å². The van der Waals surface area contributed by atoms with Crippen LogP contribution in [-0.4, -0.2) is 23.6 Å². The molecule has 0 aliphatic heterocycles. The Labute approximate surface area is 133 Å². The van der Waals surface area contributed by atoms with Crippen LogP contribution in [0.15, 0.2) is 42.5 Å². The number of benzene rings is 1. The van der Waals surface area contributed by atoms with Crippen molar-refractivity contribution in [3.8, 4) is 5.75 Å². The van der Waals surface area contributed by atoms with Gasteiger partial charge in [0, 0.05) is 18.3 Å². The summed E-state index contributed by atoms with van der Waals surface area (Å²) in [6, 6.07) is 9.55. The van der Waals surface area contributed by atoms with Crippen molar-refractivity contribution < 1.29 is 14.6 Å². The number of allylic oxidation sites excluding steroid dienone is 2. The van der Waals surface area contributed by atoms with E-state index < -0.39 is 6.10 Å². The number of ether oxygens (including phenoxy) is 1. The number of carbonyl (C=O) groups excluding carboxylic acids is 1. The quantitative estimate of drug-likeness (QED) is 0.587. The first-order valence-electron chi connectivity index (χ1n) is 8.26.